The Kier molecular flexibility index (Phi) is 7.05. The van der Waals surface area contributed by atoms with E-state index in [-0.39, 0.29) is 17.0 Å². The number of benzene rings is 1. The molecular formula is C15H19BrN2O2S2. The van der Waals surface area contributed by atoms with Crippen LogP contribution in [0.2, 0.25) is 0 Å². The van der Waals surface area contributed by atoms with Crippen molar-refractivity contribution < 1.29 is 30.0 Å². The molecule has 0 unspecified atom stereocenters. The standard InChI is InChI=1S/C15H19N2O2S2.BrH/c1-16(2)21(18,19)15-6-4-13(5-7-15)12-17-10-8-14(20-3)9-11-17;/h4-11H,12H2,1-3H3;1H/q+1;/p-1. The first-order valence-electron chi connectivity index (χ1n) is 6.48. The number of nitrogens with zero attached hydrogens (tertiary/aromatic N) is 2. The zero-order valence-corrected chi connectivity index (χ0v) is 16.0. The molecule has 0 fully saturated rings. The van der Waals surface area contributed by atoms with Gasteiger partial charge in [0.15, 0.2) is 18.9 Å². The molecule has 0 bridgehead atoms. The quantitative estimate of drug-likeness (QED) is 0.475. The Hall–Kier alpha value is -0.890. The normalized spacial score (nSPS) is 11.3. The Morgan fingerprint density at radius 1 is 1.05 bits per heavy atom. The molecule has 1 aromatic heterocycles. The lowest BCUT2D eigenvalue weighted by Gasteiger charge is -2.11. The van der Waals surface area contributed by atoms with Crippen LogP contribution in [-0.2, 0) is 16.6 Å². The summed E-state index contributed by atoms with van der Waals surface area (Å²) in [7, 11) is -0.284. The fourth-order valence-corrected chi connectivity index (χ4v) is 3.17. The Bertz CT molecular complexity index is 699. The molecule has 4 nitrogen and oxygen atoms in total. The van der Waals surface area contributed by atoms with Gasteiger partial charge in [-0.25, -0.2) is 17.3 Å². The van der Waals surface area contributed by atoms with Gasteiger partial charge in [-0.05, 0) is 18.4 Å². The predicted octanol–water partition coefficient (Wildman–Crippen LogP) is -1.00. The second kappa shape index (κ2) is 8.10. The lowest BCUT2D eigenvalue weighted by atomic mass is 10.2. The van der Waals surface area contributed by atoms with Crippen LogP contribution in [0.4, 0.5) is 0 Å². The van der Waals surface area contributed by atoms with Gasteiger partial charge in [-0.1, -0.05) is 12.1 Å². The van der Waals surface area contributed by atoms with Crippen molar-refractivity contribution in [1.82, 2.24) is 4.31 Å². The van der Waals surface area contributed by atoms with Crippen LogP contribution in [0.25, 0.3) is 0 Å². The van der Waals surface area contributed by atoms with Crippen molar-refractivity contribution >= 4 is 21.8 Å². The number of hydrogen-bond acceptors (Lipinski definition) is 3. The summed E-state index contributed by atoms with van der Waals surface area (Å²) in [5.41, 5.74) is 1.06. The number of sulfonamides is 1. The second-order valence-electron chi connectivity index (χ2n) is 4.84. The third kappa shape index (κ3) is 4.55. The minimum absolute atomic E-state index is 0. The van der Waals surface area contributed by atoms with Crippen LogP contribution in [0, 0.1) is 0 Å². The minimum Gasteiger partial charge on any atom is -1.00 e. The third-order valence-corrected chi connectivity index (χ3v) is 5.74. The summed E-state index contributed by atoms with van der Waals surface area (Å²) >= 11 is 1.71. The molecule has 1 aromatic carbocycles. The molecule has 120 valence electrons. The van der Waals surface area contributed by atoms with Crippen LogP contribution in [-0.4, -0.2) is 33.1 Å². The van der Waals surface area contributed by atoms with Crippen molar-refractivity contribution in [2.45, 2.75) is 16.3 Å². The highest BCUT2D eigenvalue weighted by molar-refractivity contribution is 7.98. The fourth-order valence-electron chi connectivity index (χ4n) is 1.87. The summed E-state index contributed by atoms with van der Waals surface area (Å²) in [5.74, 6) is 0. The van der Waals surface area contributed by atoms with Gasteiger partial charge in [0.05, 0.1) is 4.90 Å². The monoisotopic (exact) mass is 402 g/mol. The summed E-state index contributed by atoms with van der Waals surface area (Å²) < 4.78 is 27.3. The molecule has 0 spiro atoms. The molecule has 22 heavy (non-hydrogen) atoms. The third-order valence-electron chi connectivity index (χ3n) is 3.16. The molecule has 2 rings (SSSR count). The molecule has 0 aliphatic heterocycles. The van der Waals surface area contributed by atoms with E-state index in [4.69, 9.17) is 0 Å². The van der Waals surface area contributed by atoms with E-state index in [0.29, 0.717) is 4.90 Å². The average Bonchev–Trinajstić information content (AvgIpc) is 2.48. The summed E-state index contributed by atoms with van der Waals surface area (Å²) in [6, 6.07) is 11.1. The van der Waals surface area contributed by atoms with Gasteiger partial charge in [-0.15, -0.1) is 11.8 Å². The smallest absolute Gasteiger partial charge is 0.242 e. The number of aromatic nitrogens is 1. The Morgan fingerprint density at radius 2 is 1.59 bits per heavy atom. The topological polar surface area (TPSA) is 41.3 Å². The van der Waals surface area contributed by atoms with Crippen molar-refractivity contribution in [3.8, 4) is 0 Å². The first kappa shape index (κ1) is 19.2. The molecule has 0 atom stereocenters. The molecule has 0 saturated carbocycles. The van der Waals surface area contributed by atoms with E-state index in [0.717, 1.165) is 12.1 Å². The maximum atomic E-state index is 12.0. The van der Waals surface area contributed by atoms with Crippen LogP contribution in [0.3, 0.4) is 0 Å². The Morgan fingerprint density at radius 3 is 2.05 bits per heavy atom. The lowest BCUT2D eigenvalue weighted by molar-refractivity contribution is -0.688. The summed E-state index contributed by atoms with van der Waals surface area (Å²) in [6.45, 7) is 0.719. The van der Waals surface area contributed by atoms with Crippen molar-refractivity contribution in [3.05, 3.63) is 54.4 Å². The fraction of sp³-hybridized carbons (Fsp3) is 0.267. The van der Waals surface area contributed by atoms with Gasteiger partial charge in [0.25, 0.3) is 0 Å². The molecule has 1 heterocycles. The predicted molar refractivity (Wildman–Crippen MR) is 84.8 cm³/mol. The molecule has 0 saturated heterocycles. The molecule has 0 N–H and O–H groups in total. The summed E-state index contributed by atoms with van der Waals surface area (Å²) in [5, 5.41) is 0. The van der Waals surface area contributed by atoms with Crippen LogP contribution in [0.15, 0.2) is 58.6 Å². The van der Waals surface area contributed by atoms with Gasteiger partial charge >= 0.3 is 0 Å². The summed E-state index contributed by atoms with van der Waals surface area (Å²) in [6.07, 6.45) is 6.09. The number of rotatable bonds is 5. The van der Waals surface area contributed by atoms with Crippen LogP contribution in [0.5, 0.6) is 0 Å². The number of pyridine rings is 1. The Labute approximate surface area is 147 Å². The molecule has 2 aromatic rings. The van der Waals surface area contributed by atoms with Crippen LogP contribution >= 0.6 is 11.8 Å². The molecule has 0 amide bonds. The maximum Gasteiger partial charge on any atom is 0.242 e. The zero-order chi connectivity index (χ0) is 15.5. The molecule has 0 aliphatic rings. The maximum absolute atomic E-state index is 12.0. The van der Waals surface area contributed by atoms with E-state index in [1.54, 1.807) is 23.9 Å². The van der Waals surface area contributed by atoms with Crippen molar-refractivity contribution in [2.24, 2.45) is 0 Å². The van der Waals surface area contributed by atoms with E-state index >= 15 is 0 Å². The highest BCUT2D eigenvalue weighted by atomic mass is 79.9. The molecular weight excluding hydrogens is 384 g/mol. The first-order chi connectivity index (χ1) is 9.93. The van der Waals surface area contributed by atoms with Crippen LogP contribution in [0.1, 0.15) is 5.56 Å². The highest BCUT2D eigenvalue weighted by Crippen LogP contribution is 2.14. The van der Waals surface area contributed by atoms with Crippen LogP contribution < -0.4 is 21.5 Å². The second-order valence-corrected chi connectivity index (χ2v) is 7.87. The highest BCUT2D eigenvalue weighted by Gasteiger charge is 2.16. The molecule has 7 heteroatoms. The van der Waals surface area contributed by atoms with E-state index in [2.05, 4.69) is 16.7 Å². The zero-order valence-electron chi connectivity index (χ0n) is 12.7. The van der Waals surface area contributed by atoms with Gasteiger partial charge in [0.1, 0.15) is 0 Å². The van der Waals surface area contributed by atoms with Crippen molar-refractivity contribution in [3.63, 3.8) is 0 Å². The minimum atomic E-state index is -3.35. The van der Waals surface area contributed by atoms with Gasteiger partial charge in [0.2, 0.25) is 10.0 Å². The lowest BCUT2D eigenvalue weighted by Crippen LogP contribution is -3.00. The number of thioether (sulfide) groups is 1. The van der Waals surface area contributed by atoms with Gasteiger partial charge in [-0.3, -0.25) is 0 Å². The average molecular weight is 403 g/mol. The van der Waals surface area contributed by atoms with Crippen molar-refractivity contribution in [2.75, 3.05) is 20.4 Å². The number of halogens is 1. The largest absolute Gasteiger partial charge is 1.00 e. The van der Waals surface area contributed by atoms with E-state index < -0.39 is 10.0 Å². The van der Waals surface area contributed by atoms with E-state index in [9.17, 15) is 8.42 Å². The SMILES string of the molecule is CSc1cc[n+](Cc2ccc(S(=O)(=O)N(C)C)cc2)cc1.[Br-]. The first-order valence-corrected chi connectivity index (χ1v) is 9.14. The Balaban J connectivity index is 0.00000242. The van der Waals surface area contributed by atoms with E-state index in [1.807, 2.05) is 30.8 Å². The van der Waals surface area contributed by atoms with Crippen molar-refractivity contribution in [1.29, 1.82) is 0 Å². The molecule has 0 aliphatic carbocycles. The van der Waals surface area contributed by atoms with E-state index in [1.165, 1.54) is 23.3 Å². The molecule has 0 radical (unpaired) electrons. The van der Waals surface area contributed by atoms with Gasteiger partial charge < -0.3 is 17.0 Å². The van der Waals surface area contributed by atoms with Gasteiger partial charge in [0, 0.05) is 36.7 Å². The number of hydrogen-bond donors (Lipinski definition) is 0. The van der Waals surface area contributed by atoms with Gasteiger partial charge in [-0.2, -0.15) is 0 Å². The summed E-state index contributed by atoms with van der Waals surface area (Å²) in [4.78, 5) is 1.54.